The largest absolute Gasteiger partial charge is 0.334 e. The summed E-state index contributed by atoms with van der Waals surface area (Å²) in [5, 5.41) is 14.9. The van der Waals surface area contributed by atoms with Crippen LogP contribution in [0.3, 0.4) is 0 Å². The van der Waals surface area contributed by atoms with E-state index >= 15 is 0 Å². The van der Waals surface area contributed by atoms with Crippen molar-refractivity contribution in [1.29, 1.82) is 0 Å². The van der Waals surface area contributed by atoms with E-state index in [2.05, 4.69) is 20.8 Å². The Morgan fingerprint density at radius 2 is 1.80 bits per heavy atom. The zero-order valence-corrected chi connectivity index (χ0v) is 18.0. The molecule has 2 amide bonds. The predicted molar refractivity (Wildman–Crippen MR) is 113 cm³/mol. The Morgan fingerprint density at radius 1 is 1.13 bits per heavy atom. The number of carbonyl (C=O) groups is 1. The summed E-state index contributed by atoms with van der Waals surface area (Å²) < 4.78 is 28.0. The second-order valence-corrected chi connectivity index (χ2v) is 9.48. The van der Waals surface area contributed by atoms with Crippen molar-refractivity contribution >= 4 is 33.3 Å². The zero-order valence-electron chi connectivity index (χ0n) is 16.4. The van der Waals surface area contributed by atoms with Crippen LogP contribution in [0.2, 0.25) is 5.02 Å². The fourth-order valence-electron chi connectivity index (χ4n) is 2.51. The number of sulfonamides is 1. The molecule has 1 aromatic heterocycles. The van der Waals surface area contributed by atoms with Crippen molar-refractivity contribution in [2.45, 2.75) is 31.2 Å². The van der Waals surface area contributed by atoms with E-state index in [9.17, 15) is 13.2 Å². The lowest BCUT2D eigenvalue weighted by molar-refractivity contribution is 0.244. The summed E-state index contributed by atoms with van der Waals surface area (Å²) in [6, 6.07) is 10.3. The van der Waals surface area contributed by atoms with Crippen LogP contribution in [-0.2, 0) is 10.0 Å². The Morgan fingerprint density at radius 3 is 2.40 bits per heavy atom. The van der Waals surface area contributed by atoms with Crippen molar-refractivity contribution in [3.05, 3.63) is 47.5 Å². The highest BCUT2D eigenvalue weighted by molar-refractivity contribution is 7.89. The van der Waals surface area contributed by atoms with Crippen LogP contribution in [0.25, 0.3) is 22.8 Å². The minimum Gasteiger partial charge on any atom is -0.334 e. The maximum absolute atomic E-state index is 12.1. The van der Waals surface area contributed by atoms with Crippen LogP contribution in [0, 0.1) is 0 Å². The van der Waals surface area contributed by atoms with E-state index in [1.54, 1.807) is 18.2 Å². The quantitative estimate of drug-likeness (QED) is 0.555. The maximum atomic E-state index is 12.1. The van der Waals surface area contributed by atoms with Gasteiger partial charge in [0.1, 0.15) is 0 Å². The molecule has 158 valence electrons. The van der Waals surface area contributed by atoms with Gasteiger partial charge in [0, 0.05) is 16.8 Å². The minimum atomic E-state index is -3.79. The van der Waals surface area contributed by atoms with Crippen LogP contribution in [0.15, 0.2) is 51.9 Å². The van der Waals surface area contributed by atoms with E-state index in [1.807, 2.05) is 20.8 Å². The van der Waals surface area contributed by atoms with Gasteiger partial charge in [0.2, 0.25) is 15.8 Å². The monoisotopic (exact) mass is 449 g/mol. The average Bonchev–Trinajstić information content (AvgIpc) is 3.11. The SMILES string of the molecule is CC(C)(C)NC(=O)Nc1ccc(Cl)c(-c2nc(-c3ccc(S(N)(=O)=O)cc3)no2)c1. The van der Waals surface area contributed by atoms with E-state index in [1.165, 1.54) is 24.3 Å². The first-order chi connectivity index (χ1) is 13.9. The first-order valence-corrected chi connectivity index (χ1v) is 10.7. The van der Waals surface area contributed by atoms with Gasteiger partial charge >= 0.3 is 6.03 Å². The molecular weight excluding hydrogens is 430 g/mol. The maximum Gasteiger partial charge on any atom is 0.319 e. The Hall–Kier alpha value is -2.95. The van der Waals surface area contributed by atoms with Crippen LogP contribution < -0.4 is 15.8 Å². The van der Waals surface area contributed by atoms with Crippen LogP contribution in [-0.4, -0.2) is 30.1 Å². The molecule has 0 unspecified atom stereocenters. The predicted octanol–water partition coefficient (Wildman–Crippen LogP) is 3.62. The summed E-state index contributed by atoms with van der Waals surface area (Å²) in [6.45, 7) is 5.61. The van der Waals surface area contributed by atoms with Gasteiger partial charge < -0.3 is 15.2 Å². The van der Waals surface area contributed by atoms with Crippen LogP contribution in [0.5, 0.6) is 0 Å². The van der Waals surface area contributed by atoms with Gasteiger partial charge in [0.25, 0.3) is 5.89 Å². The molecule has 11 heteroatoms. The molecule has 3 aromatic rings. The van der Waals surface area contributed by atoms with Gasteiger partial charge in [-0.05, 0) is 63.2 Å². The van der Waals surface area contributed by atoms with Gasteiger partial charge in [-0.15, -0.1) is 0 Å². The number of benzene rings is 2. The number of amides is 2. The highest BCUT2D eigenvalue weighted by Gasteiger charge is 2.17. The van der Waals surface area contributed by atoms with Gasteiger partial charge in [-0.2, -0.15) is 4.98 Å². The van der Waals surface area contributed by atoms with Gasteiger partial charge in [-0.25, -0.2) is 18.4 Å². The molecule has 0 fully saturated rings. The molecule has 3 rings (SSSR count). The van der Waals surface area contributed by atoms with Gasteiger partial charge in [0.15, 0.2) is 0 Å². The number of hydrogen-bond acceptors (Lipinski definition) is 6. The Labute approximate surface area is 178 Å². The highest BCUT2D eigenvalue weighted by atomic mass is 35.5. The molecular formula is C19H20ClN5O4S. The molecule has 0 aliphatic carbocycles. The number of nitrogens with one attached hydrogen (secondary N) is 2. The number of urea groups is 1. The second-order valence-electron chi connectivity index (χ2n) is 7.52. The Bertz CT molecular complexity index is 1180. The second kappa shape index (κ2) is 8.05. The third kappa shape index (κ3) is 5.35. The lowest BCUT2D eigenvalue weighted by atomic mass is 10.1. The van der Waals surface area contributed by atoms with Crippen LogP contribution in [0.4, 0.5) is 10.5 Å². The molecule has 0 spiro atoms. The minimum absolute atomic E-state index is 0.0229. The van der Waals surface area contributed by atoms with E-state index in [-0.39, 0.29) is 28.2 Å². The number of rotatable bonds is 4. The number of carbonyl (C=O) groups excluding carboxylic acids is 1. The van der Waals surface area contributed by atoms with Gasteiger partial charge in [-0.1, -0.05) is 16.8 Å². The first kappa shape index (κ1) is 21.8. The average molecular weight is 450 g/mol. The van der Waals surface area contributed by atoms with Crippen molar-refractivity contribution in [2.75, 3.05) is 5.32 Å². The molecule has 0 atom stereocenters. The molecule has 0 aliphatic heterocycles. The van der Waals surface area contributed by atoms with Crippen molar-refractivity contribution < 1.29 is 17.7 Å². The number of primary sulfonamides is 1. The van der Waals surface area contributed by atoms with Crippen molar-refractivity contribution in [1.82, 2.24) is 15.5 Å². The third-order valence-electron chi connectivity index (χ3n) is 3.81. The number of halogens is 1. The number of anilines is 1. The van der Waals surface area contributed by atoms with Gasteiger partial charge in [-0.3, -0.25) is 0 Å². The molecule has 1 heterocycles. The fraction of sp³-hybridized carbons (Fsp3) is 0.211. The van der Waals surface area contributed by atoms with E-state index in [0.717, 1.165) is 0 Å². The third-order valence-corrected chi connectivity index (χ3v) is 5.07. The smallest absolute Gasteiger partial charge is 0.319 e. The van der Waals surface area contributed by atoms with Gasteiger partial charge in [0.05, 0.1) is 15.5 Å². The van der Waals surface area contributed by atoms with Crippen molar-refractivity contribution in [3.63, 3.8) is 0 Å². The number of aromatic nitrogens is 2. The summed E-state index contributed by atoms with van der Waals surface area (Å²) in [5.41, 5.74) is 1.07. The summed E-state index contributed by atoms with van der Waals surface area (Å²) in [5.74, 6) is 0.385. The van der Waals surface area contributed by atoms with Crippen molar-refractivity contribution in [3.8, 4) is 22.8 Å². The molecule has 0 saturated carbocycles. The lowest BCUT2D eigenvalue weighted by Gasteiger charge is -2.20. The first-order valence-electron chi connectivity index (χ1n) is 8.78. The lowest BCUT2D eigenvalue weighted by Crippen LogP contribution is -2.43. The molecule has 0 bridgehead atoms. The summed E-state index contributed by atoms with van der Waals surface area (Å²) in [7, 11) is -3.79. The normalized spacial score (nSPS) is 11.9. The molecule has 4 N–H and O–H groups in total. The number of nitrogens with two attached hydrogens (primary N) is 1. The molecule has 2 aromatic carbocycles. The van der Waals surface area contributed by atoms with E-state index in [0.29, 0.717) is 21.8 Å². The standard InChI is InChI=1S/C19H20ClN5O4S/c1-19(2,3)24-18(26)22-12-6-9-15(20)14(10-12)17-23-16(25-29-17)11-4-7-13(8-5-11)30(21,27)28/h4-10H,1-3H3,(H2,21,27,28)(H2,22,24,26). The fourth-order valence-corrected chi connectivity index (χ4v) is 3.23. The Balaban J connectivity index is 1.85. The number of hydrogen-bond donors (Lipinski definition) is 3. The molecule has 0 saturated heterocycles. The van der Waals surface area contributed by atoms with Crippen LogP contribution >= 0.6 is 11.6 Å². The topological polar surface area (TPSA) is 140 Å². The highest BCUT2D eigenvalue weighted by Crippen LogP contribution is 2.31. The molecule has 0 aliphatic rings. The summed E-state index contributed by atoms with van der Waals surface area (Å²) >= 11 is 6.26. The zero-order chi connectivity index (χ0) is 22.1. The summed E-state index contributed by atoms with van der Waals surface area (Å²) in [6.07, 6.45) is 0. The molecule has 9 nitrogen and oxygen atoms in total. The molecule has 30 heavy (non-hydrogen) atoms. The summed E-state index contributed by atoms with van der Waals surface area (Å²) in [4.78, 5) is 16.4. The van der Waals surface area contributed by atoms with E-state index in [4.69, 9.17) is 21.3 Å². The Kier molecular flexibility index (Phi) is 5.84. The van der Waals surface area contributed by atoms with E-state index < -0.39 is 10.0 Å². The molecule has 0 radical (unpaired) electrons. The van der Waals surface area contributed by atoms with Crippen molar-refractivity contribution in [2.24, 2.45) is 5.14 Å². The number of nitrogens with zero attached hydrogens (tertiary/aromatic N) is 2. The van der Waals surface area contributed by atoms with Crippen LogP contribution in [0.1, 0.15) is 20.8 Å².